The van der Waals surface area contributed by atoms with E-state index in [9.17, 15) is 0 Å². The van der Waals surface area contributed by atoms with Crippen molar-refractivity contribution >= 4 is 21.8 Å². The molecular weight excluding hydrogens is 705 g/mol. The van der Waals surface area contributed by atoms with E-state index in [4.69, 9.17) is 15.0 Å². The fourth-order valence-corrected chi connectivity index (χ4v) is 9.06. The van der Waals surface area contributed by atoms with Gasteiger partial charge in [-0.15, -0.1) is 0 Å². The van der Waals surface area contributed by atoms with Crippen molar-refractivity contribution in [1.82, 2.24) is 19.5 Å². The van der Waals surface area contributed by atoms with Gasteiger partial charge >= 0.3 is 0 Å². The summed E-state index contributed by atoms with van der Waals surface area (Å²) in [5, 5.41) is 2.43. The molecule has 1 aliphatic carbocycles. The van der Waals surface area contributed by atoms with Crippen LogP contribution in [0, 0.1) is 0 Å². The summed E-state index contributed by atoms with van der Waals surface area (Å²) in [7, 11) is 0. The second kappa shape index (κ2) is 13.4. The number of rotatable bonds is 6. The maximum absolute atomic E-state index is 5.40. The quantitative estimate of drug-likeness (QED) is 0.170. The first-order valence-corrected chi connectivity index (χ1v) is 19.9. The lowest BCUT2D eigenvalue weighted by molar-refractivity contribution is 0.660. The molecule has 0 amide bonds. The minimum Gasteiger partial charge on any atom is -0.309 e. The zero-order chi connectivity index (χ0) is 38.8. The Labute approximate surface area is 337 Å². The molecule has 0 spiro atoms. The van der Waals surface area contributed by atoms with E-state index in [1.165, 1.54) is 33.0 Å². The van der Waals surface area contributed by atoms with Crippen LogP contribution in [-0.4, -0.2) is 19.5 Å². The van der Waals surface area contributed by atoms with Gasteiger partial charge in [0.15, 0.2) is 17.5 Å². The molecule has 2 heterocycles. The minimum absolute atomic E-state index is 0.158. The Morgan fingerprint density at radius 3 is 1.60 bits per heavy atom. The Morgan fingerprint density at radius 2 is 0.879 bits per heavy atom. The molecule has 4 nitrogen and oxygen atoms in total. The summed E-state index contributed by atoms with van der Waals surface area (Å²) in [6.45, 7) is 4.62. The first-order valence-electron chi connectivity index (χ1n) is 19.9. The number of hydrogen-bond acceptors (Lipinski definition) is 3. The molecule has 1 aliphatic rings. The molecule has 58 heavy (non-hydrogen) atoms. The molecule has 2 aromatic heterocycles. The highest BCUT2D eigenvalue weighted by Crippen LogP contribution is 2.51. The Kier molecular flexibility index (Phi) is 7.80. The van der Waals surface area contributed by atoms with Gasteiger partial charge in [0.25, 0.3) is 0 Å². The average molecular weight is 743 g/mol. The molecule has 0 fully saturated rings. The van der Waals surface area contributed by atoms with E-state index in [1.807, 2.05) is 6.07 Å². The second-order valence-electron chi connectivity index (χ2n) is 15.6. The summed E-state index contributed by atoms with van der Waals surface area (Å²) in [5.74, 6) is 1.90. The number of hydrogen-bond donors (Lipinski definition) is 0. The van der Waals surface area contributed by atoms with Gasteiger partial charge in [0.1, 0.15) is 0 Å². The highest BCUT2D eigenvalue weighted by molar-refractivity contribution is 6.10. The molecule has 4 heteroatoms. The average Bonchev–Trinajstić information content (AvgIpc) is 3.75. The van der Waals surface area contributed by atoms with Gasteiger partial charge in [0, 0.05) is 38.4 Å². The van der Waals surface area contributed by atoms with Crippen LogP contribution in [0.25, 0.3) is 95.0 Å². The van der Waals surface area contributed by atoms with Crippen LogP contribution in [-0.2, 0) is 5.41 Å². The van der Waals surface area contributed by atoms with Gasteiger partial charge in [-0.3, -0.25) is 0 Å². The maximum atomic E-state index is 5.40. The normalized spacial score (nSPS) is 12.8. The second-order valence-corrected chi connectivity index (χ2v) is 15.6. The van der Waals surface area contributed by atoms with Crippen LogP contribution in [0.2, 0.25) is 0 Å². The van der Waals surface area contributed by atoms with E-state index in [-0.39, 0.29) is 5.41 Å². The summed E-state index contributed by atoms with van der Waals surface area (Å²) in [6, 6.07) is 68.9. The molecule has 0 unspecified atom stereocenters. The van der Waals surface area contributed by atoms with E-state index in [2.05, 4.69) is 206 Å². The van der Waals surface area contributed by atoms with Crippen molar-refractivity contribution < 1.29 is 0 Å². The van der Waals surface area contributed by atoms with Crippen molar-refractivity contribution in [1.29, 1.82) is 0 Å². The monoisotopic (exact) mass is 742 g/mol. The van der Waals surface area contributed by atoms with Crippen LogP contribution in [0.15, 0.2) is 194 Å². The molecule has 0 radical (unpaired) electrons. The summed E-state index contributed by atoms with van der Waals surface area (Å²) in [5.41, 5.74) is 15.6. The molecule has 0 aliphatic heterocycles. The molecule has 0 bridgehead atoms. The SMILES string of the molecule is CC1(C)c2ccccc2-c2c(-c3nc(-c4cccc(-c5ccccc5)c4)nc(-c4ccc(-c5ccccc5)c(-n5c6ccccc6c6ccccc65)c4)n3)cccc21. The topological polar surface area (TPSA) is 43.6 Å². The maximum Gasteiger partial charge on any atom is 0.164 e. The third-order valence-electron chi connectivity index (χ3n) is 11.9. The highest BCUT2D eigenvalue weighted by atomic mass is 15.0. The van der Waals surface area contributed by atoms with Gasteiger partial charge in [0.05, 0.1) is 16.7 Å². The highest BCUT2D eigenvalue weighted by Gasteiger charge is 2.37. The van der Waals surface area contributed by atoms with Gasteiger partial charge in [-0.2, -0.15) is 0 Å². The number of para-hydroxylation sites is 2. The van der Waals surface area contributed by atoms with Crippen LogP contribution >= 0.6 is 0 Å². The standard InChI is InChI=1S/C54H38N4/c1-54(2)45-27-12-9-25-43(45)50-44(26-16-28-46(50)54)53-56-51(38-22-15-21-37(33-38)35-17-5-3-6-18-35)55-52(57-53)39-31-32-40(36-19-7-4-8-20-36)49(34-39)58-47-29-13-10-23-41(47)42-24-11-14-30-48(42)58/h3-34H,1-2H3. The lowest BCUT2D eigenvalue weighted by atomic mass is 9.82. The van der Waals surface area contributed by atoms with Crippen LogP contribution < -0.4 is 0 Å². The summed E-state index contributed by atoms with van der Waals surface area (Å²) < 4.78 is 2.39. The largest absolute Gasteiger partial charge is 0.309 e. The van der Waals surface area contributed by atoms with Crippen molar-refractivity contribution in [3.8, 4) is 73.2 Å². The van der Waals surface area contributed by atoms with Gasteiger partial charge in [0.2, 0.25) is 0 Å². The Bertz CT molecular complexity index is 3140. The molecule has 8 aromatic carbocycles. The minimum atomic E-state index is -0.158. The van der Waals surface area contributed by atoms with Gasteiger partial charge in [-0.25, -0.2) is 15.0 Å². The van der Waals surface area contributed by atoms with Crippen molar-refractivity contribution in [3.63, 3.8) is 0 Å². The predicted octanol–water partition coefficient (Wildman–Crippen LogP) is 13.6. The number of benzene rings is 8. The van der Waals surface area contributed by atoms with Crippen LogP contribution in [0.5, 0.6) is 0 Å². The van der Waals surface area contributed by atoms with Crippen LogP contribution in [0.4, 0.5) is 0 Å². The zero-order valence-corrected chi connectivity index (χ0v) is 32.3. The van der Waals surface area contributed by atoms with E-state index in [1.54, 1.807) is 0 Å². The zero-order valence-electron chi connectivity index (χ0n) is 32.3. The molecule has 10 aromatic rings. The molecule has 274 valence electrons. The first-order chi connectivity index (χ1) is 28.5. The van der Waals surface area contributed by atoms with Crippen molar-refractivity contribution in [2.24, 2.45) is 0 Å². The Morgan fingerprint density at radius 1 is 0.362 bits per heavy atom. The first kappa shape index (κ1) is 33.9. The number of nitrogens with zero attached hydrogens (tertiary/aromatic N) is 4. The third kappa shape index (κ3) is 5.41. The Hall–Kier alpha value is -7.43. The molecule has 0 saturated heterocycles. The van der Waals surface area contributed by atoms with Gasteiger partial charge in [-0.05, 0) is 63.2 Å². The Balaban J connectivity index is 1.18. The predicted molar refractivity (Wildman–Crippen MR) is 239 cm³/mol. The lowest BCUT2D eigenvalue weighted by Crippen LogP contribution is -2.14. The smallest absolute Gasteiger partial charge is 0.164 e. The summed E-state index contributed by atoms with van der Waals surface area (Å²) >= 11 is 0. The molecule has 0 atom stereocenters. The molecule has 0 N–H and O–H groups in total. The molecule has 11 rings (SSSR count). The van der Waals surface area contributed by atoms with Gasteiger partial charge in [-0.1, -0.05) is 184 Å². The summed E-state index contributed by atoms with van der Waals surface area (Å²) in [4.78, 5) is 16.0. The van der Waals surface area contributed by atoms with Crippen LogP contribution in [0.3, 0.4) is 0 Å². The third-order valence-corrected chi connectivity index (χ3v) is 11.9. The summed E-state index contributed by atoms with van der Waals surface area (Å²) in [6.07, 6.45) is 0. The lowest BCUT2D eigenvalue weighted by Gasteiger charge is -2.21. The molecule has 0 saturated carbocycles. The van der Waals surface area contributed by atoms with Crippen molar-refractivity contribution in [2.75, 3.05) is 0 Å². The van der Waals surface area contributed by atoms with Crippen molar-refractivity contribution in [3.05, 3.63) is 205 Å². The molecular formula is C54H38N4. The van der Waals surface area contributed by atoms with E-state index in [0.29, 0.717) is 17.5 Å². The number of aromatic nitrogens is 4. The van der Waals surface area contributed by atoms with Gasteiger partial charge < -0.3 is 4.57 Å². The van der Waals surface area contributed by atoms with E-state index >= 15 is 0 Å². The van der Waals surface area contributed by atoms with Crippen molar-refractivity contribution in [2.45, 2.75) is 19.3 Å². The van der Waals surface area contributed by atoms with E-state index in [0.717, 1.165) is 55.7 Å². The van der Waals surface area contributed by atoms with E-state index < -0.39 is 0 Å². The number of fused-ring (bicyclic) bond motifs is 6. The van der Waals surface area contributed by atoms with Crippen LogP contribution in [0.1, 0.15) is 25.0 Å². The fourth-order valence-electron chi connectivity index (χ4n) is 9.06. The fraction of sp³-hybridized carbons (Fsp3) is 0.0556.